The number of aromatic nitrogens is 2. The molecule has 0 spiro atoms. The minimum absolute atomic E-state index is 0.0466. The lowest BCUT2D eigenvalue weighted by Crippen LogP contribution is -2.42. The fourth-order valence-corrected chi connectivity index (χ4v) is 4.58. The summed E-state index contributed by atoms with van der Waals surface area (Å²) in [5.41, 5.74) is 6.56. The Morgan fingerprint density at radius 1 is 1.34 bits per heavy atom. The molecule has 0 radical (unpaired) electrons. The number of anilines is 1. The number of carbonyl (C=O) groups is 2. The Morgan fingerprint density at radius 2 is 2.09 bits per heavy atom. The van der Waals surface area contributed by atoms with Gasteiger partial charge in [0, 0.05) is 18.2 Å². The number of rotatable bonds is 4. The molecular formula is C22H24N4O5S. The Bertz CT molecular complexity index is 1270. The highest BCUT2D eigenvalue weighted by Gasteiger charge is 2.43. The van der Waals surface area contributed by atoms with Crippen molar-refractivity contribution < 1.29 is 18.7 Å². The molecule has 10 heteroatoms. The van der Waals surface area contributed by atoms with Gasteiger partial charge in [-0.25, -0.2) is 4.79 Å². The summed E-state index contributed by atoms with van der Waals surface area (Å²) in [6, 6.07) is 3.31. The lowest BCUT2D eigenvalue weighted by Gasteiger charge is -2.40. The Hall–Kier alpha value is -3.40. The molecule has 2 aromatic rings. The summed E-state index contributed by atoms with van der Waals surface area (Å²) in [5, 5.41) is 0. The number of hydrogen-bond donors (Lipinski definition) is 3. The van der Waals surface area contributed by atoms with Gasteiger partial charge in [0.2, 0.25) is 0 Å². The van der Waals surface area contributed by atoms with Crippen LogP contribution in [0.25, 0.3) is 0 Å². The van der Waals surface area contributed by atoms with Crippen molar-refractivity contribution in [2.75, 3.05) is 11.5 Å². The van der Waals surface area contributed by atoms with Crippen LogP contribution in [0.3, 0.4) is 0 Å². The molecular weight excluding hydrogens is 432 g/mol. The zero-order valence-electron chi connectivity index (χ0n) is 18.0. The van der Waals surface area contributed by atoms with Crippen molar-refractivity contribution in [1.29, 1.82) is 0 Å². The molecule has 1 atom stereocenters. The standard InChI is InChI=1S/C22H24N4O5S/c1-4-30-20(29)15-14(13-6-5-7-31-13)16-18(24-21(32)25-19(16)28)26(17(15)23)11-8-12(27)10-22(2,3)9-11/h5-8,14H,4,9-10,23H2,1-3H3,(H2,24,25,28,32). The van der Waals surface area contributed by atoms with E-state index in [1.54, 1.807) is 19.1 Å². The van der Waals surface area contributed by atoms with Crippen LogP contribution in [0.15, 0.2) is 50.8 Å². The van der Waals surface area contributed by atoms with Crippen LogP contribution in [0.4, 0.5) is 5.82 Å². The Kier molecular flexibility index (Phi) is 5.41. The highest BCUT2D eigenvalue weighted by atomic mass is 32.1. The number of fused-ring (bicyclic) bond motifs is 1. The molecule has 2 aliphatic rings. The predicted molar refractivity (Wildman–Crippen MR) is 119 cm³/mol. The largest absolute Gasteiger partial charge is 0.468 e. The van der Waals surface area contributed by atoms with Gasteiger partial charge in [-0.15, -0.1) is 0 Å². The first-order chi connectivity index (χ1) is 15.1. The maximum Gasteiger partial charge on any atom is 0.338 e. The number of nitrogens with zero attached hydrogens (tertiary/aromatic N) is 1. The number of hydrogen-bond acceptors (Lipinski definition) is 8. The third-order valence-corrected chi connectivity index (χ3v) is 5.73. The predicted octanol–water partition coefficient (Wildman–Crippen LogP) is 2.98. The van der Waals surface area contributed by atoms with E-state index in [0.717, 1.165) is 0 Å². The third kappa shape index (κ3) is 3.70. The molecule has 0 fully saturated rings. The molecule has 1 aliphatic carbocycles. The van der Waals surface area contributed by atoms with Crippen LogP contribution in [0, 0.1) is 10.2 Å². The number of allylic oxidation sites excluding steroid dienone is 2. The van der Waals surface area contributed by atoms with Gasteiger partial charge in [-0.05, 0) is 43.1 Å². The number of nitrogens with two attached hydrogens (primary N) is 1. The summed E-state index contributed by atoms with van der Waals surface area (Å²) in [7, 11) is 0. The van der Waals surface area contributed by atoms with Gasteiger partial charge in [0.1, 0.15) is 17.4 Å². The van der Waals surface area contributed by atoms with Gasteiger partial charge in [0.25, 0.3) is 5.56 Å². The first-order valence-corrected chi connectivity index (χ1v) is 10.6. The highest BCUT2D eigenvalue weighted by molar-refractivity contribution is 7.71. The van der Waals surface area contributed by atoms with Crippen molar-refractivity contribution in [2.45, 2.75) is 39.5 Å². The summed E-state index contributed by atoms with van der Waals surface area (Å²) >= 11 is 5.21. The number of aromatic amines is 2. The van der Waals surface area contributed by atoms with E-state index >= 15 is 0 Å². The van der Waals surface area contributed by atoms with Crippen LogP contribution in [0.5, 0.6) is 0 Å². The number of ether oxygens (including phenoxy) is 1. The van der Waals surface area contributed by atoms with Gasteiger partial charge in [-0.2, -0.15) is 0 Å². The van der Waals surface area contributed by atoms with Gasteiger partial charge < -0.3 is 19.9 Å². The summed E-state index contributed by atoms with van der Waals surface area (Å²) in [6.45, 7) is 5.75. The number of H-pyrrole nitrogens is 2. The van der Waals surface area contributed by atoms with E-state index in [1.165, 1.54) is 17.2 Å². The monoisotopic (exact) mass is 456 g/mol. The fourth-order valence-electron chi connectivity index (χ4n) is 4.39. The van der Waals surface area contributed by atoms with Crippen LogP contribution in [-0.2, 0) is 14.3 Å². The van der Waals surface area contributed by atoms with E-state index in [-0.39, 0.29) is 39.5 Å². The van der Waals surface area contributed by atoms with Crippen molar-refractivity contribution in [3.8, 4) is 0 Å². The second-order valence-electron chi connectivity index (χ2n) is 8.59. The van der Waals surface area contributed by atoms with Crippen LogP contribution in [-0.4, -0.2) is 28.3 Å². The second-order valence-corrected chi connectivity index (χ2v) is 9.00. The molecule has 3 heterocycles. The smallest absolute Gasteiger partial charge is 0.338 e. The number of carbonyl (C=O) groups excluding carboxylic acids is 2. The van der Waals surface area contributed by atoms with E-state index in [0.29, 0.717) is 30.1 Å². The minimum atomic E-state index is -0.918. The molecule has 0 aromatic carbocycles. The molecule has 168 valence electrons. The third-order valence-electron chi connectivity index (χ3n) is 5.53. The molecule has 0 saturated heterocycles. The van der Waals surface area contributed by atoms with Crippen LogP contribution >= 0.6 is 12.2 Å². The number of nitrogens with one attached hydrogen (secondary N) is 2. The molecule has 4 rings (SSSR count). The summed E-state index contributed by atoms with van der Waals surface area (Å²) < 4.78 is 10.9. The van der Waals surface area contributed by atoms with Crippen LogP contribution < -0.4 is 16.2 Å². The van der Waals surface area contributed by atoms with Crippen LogP contribution in [0.1, 0.15) is 50.9 Å². The van der Waals surface area contributed by atoms with Gasteiger partial charge in [-0.3, -0.25) is 19.5 Å². The van der Waals surface area contributed by atoms with Crippen molar-refractivity contribution in [3.63, 3.8) is 0 Å². The molecule has 0 amide bonds. The van der Waals surface area contributed by atoms with Gasteiger partial charge in [0.15, 0.2) is 10.6 Å². The molecule has 1 aliphatic heterocycles. The maximum atomic E-state index is 13.1. The van der Waals surface area contributed by atoms with E-state index < -0.39 is 17.4 Å². The average molecular weight is 457 g/mol. The average Bonchev–Trinajstić information content (AvgIpc) is 3.19. The summed E-state index contributed by atoms with van der Waals surface area (Å²) in [5.74, 6) is -0.973. The first-order valence-electron chi connectivity index (χ1n) is 10.2. The first kappa shape index (κ1) is 21.8. The van der Waals surface area contributed by atoms with E-state index in [2.05, 4.69) is 9.97 Å². The zero-order chi connectivity index (χ0) is 23.2. The molecule has 2 aromatic heterocycles. The molecule has 0 bridgehead atoms. The van der Waals surface area contributed by atoms with Gasteiger partial charge in [-0.1, -0.05) is 13.8 Å². The van der Waals surface area contributed by atoms with Crippen molar-refractivity contribution in [1.82, 2.24) is 9.97 Å². The molecule has 9 nitrogen and oxygen atoms in total. The lowest BCUT2D eigenvalue weighted by atomic mass is 9.78. The van der Waals surface area contributed by atoms with Gasteiger partial charge >= 0.3 is 5.97 Å². The van der Waals surface area contributed by atoms with E-state index in [9.17, 15) is 14.4 Å². The van der Waals surface area contributed by atoms with Crippen molar-refractivity contribution >= 4 is 29.8 Å². The zero-order valence-corrected chi connectivity index (χ0v) is 18.8. The number of ketones is 1. The van der Waals surface area contributed by atoms with Gasteiger partial charge in [0.05, 0.1) is 29.9 Å². The van der Waals surface area contributed by atoms with Crippen molar-refractivity contribution in [2.24, 2.45) is 11.1 Å². The number of esters is 1. The lowest BCUT2D eigenvalue weighted by molar-refractivity contribution is -0.138. The molecule has 1 unspecified atom stereocenters. The Morgan fingerprint density at radius 3 is 2.72 bits per heavy atom. The minimum Gasteiger partial charge on any atom is -0.468 e. The normalized spacial score (nSPS) is 20.1. The maximum absolute atomic E-state index is 13.1. The summed E-state index contributed by atoms with van der Waals surface area (Å²) in [4.78, 5) is 45.8. The quantitative estimate of drug-likeness (QED) is 0.472. The SMILES string of the molecule is CCOC(=O)C1=C(N)N(C2=CC(=O)CC(C)(C)C2)c2[nH]c(=S)[nH]c(=O)c2C1c1ccco1. The molecule has 32 heavy (non-hydrogen) atoms. The van der Waals surface area contributed by atoms with E-state index in [1.807, 2.05) is 13.8 Å². The molecule has 4 N–H and O–H groups in total. The fraction of sp³-hybridized carbons (Fsp3) is 0.364. The Balaban J connectivity index is 2.05. The second kappa shape index (κ2) is 7.94. The van der Waals surface area contributed by atoms with Crippen molar-refractivity contribution in [3.05, 3.63) is 68.0 Å². The Labute approximate surface area is 188 Å². The van der Waals surface area contributed by atoms with E-state index in [4.69, 9.17) is 27.1 Å². The summed E-state index contributed by atoms with van der Waals surface area (Å²) in [6.07, 6.45) is 3.82. The number of furan rings is 1. The topological polar surface area (TPSA) is 134 Å². The highest BCUT2D eigenvalue weighted by Crippen LogP contribution is 2.45. The molecule has 0 saturated carbocycles. The van der Waals surface area contributed by atoms with Crippen LogP contribution in [0.2, 0.25) is 0 Å².